The number of nitrogens with two attached hydrogens (primary N) is 1. The molecule has 0 aliphatic carbocycles. The summed E-state index contributed by atoms with van der Waals surface area (Å²) in [4.78, 5) is 26.6. The Kier molecular flexibility index (Phi) is 8.95. The van der Waals surface area contributed by atoms with Crippen LogP contribution in [0.4, 0.5) is 13.2 Å². The number of hydrogen-bond donors (Lipinski definition) is 3. The summed E-state index contributed by atoms with van der Waals surface area (Å²) in [5.41, 5.74) is 7.73. The van der Waals surface area contributed by atoms with Crippen molar-refractivity contribution in [2.24, 2.45) is 5.73 Å². The van der Waals surface area contributed by atoms with E-state index in [-0.39, 0.29) is 36.3 Å². The number of alkyl halides is 3. The Morgan fingerprint density at radius 1 is 1.10 bits per heavy atom. The molecule has 10 nitrogen and oxygen atoms in total. The number of aromatic nitrogens is 2. The highest BCUT2D eigenvalue weighted by Crippen LogP contribution is 2.29. The predicted octanol–water partition coefficient (Wildman–Crippen LogP) is 2.51. The minimum Gasteiger partial charge on any atom is -0.489 e. The second-order valence-electron chi connectivity index (χ2n) is 9.43. The maximum Gasteiger partial charge on any atom is 0.573 e. The van der Waals surface area contributed by atoms with E-state index in [1.165, 1.54) is 28.9 Å². The zero-order valence-corrected chi connectivity index (χ0v) is 21.4. The Morgan fingerprint density at radius 2 is 1.80 bits per heavy atom. The van der Waals surface area contributed by atoms with Gasteiger partial charge in [0.1, 0.15) is 17.6 Å². The largest absolute Gasteiger partial charge is 0.573 e. The molecule has 0 saturated carbocycles. The SMILES string of the molecule is NC(=O)c1cc(-c2cnn(C[C@H](O)CO)c2)ccc1OC1CCN(C(=O)Cc2ccc(OC(F)(F)F)cc2)CC1. The third-order valence-electron chi connectivity index (χ3n) is 6.42. The van der Waals surface area contributed by atoms with E-state index in [0.717, 1.165) is 0 Å². The molecule has 0 spiro atoms. The van der Waals surface area contributed by atoms with Crippen molar-refractivity contribution in [2.75, 3.05) is 19.7 Å². The third-order valence-corrected chi connectivity index (χ3v) is 6.42. The monoisotopic (exact) mass is 562 g/mol. The van der Waals surface area contributed by atoms with Crippen LogP contribution < -0.4 is 15.2 Å². The Labute approximate surface area is 227 Å². The summed E-state index contributed by atoms with van der Waals surface area (Å²) >= 11 is 0. The number of hydrogen-bond acceptors (Lipinski definition) is 7. The molecule has 3 aromatic rings. The van der Waals surface area contributed by atoms with E-state index in [0.29, 0.717) is 48.4 Å². The average Bonchev–Trinajstić information content (AvgIpc) is 3.37. The lowest BCUT2D eigenvalue weighted by Crippen LogP contribution is -2.42. The van der Waals surface area contributed by atoms with Crippen LogP contribution in [0.25, 0.3) is 11.1 Å². The van der Waals surface area contributed by atoms with Crippen molar-refractivity contribution < 1.29 is 42.4 Å². The van der Waals surface area contributed by atoms with Crippen LogP contribution in [-0.4, -0.2) is 75.0 Å². The molecule has 214 valence electrons. The van der Waals surface area contributed by atoms with Crippen LogP contribution in [0.2, 0.25) is 0 Å². The number of aliphatic hydroxyl groups is 2. The molecule has 1 atom stereocenters. The summed E-state index contributed by atoms with van der Waals surface area (Å²) in [6.07, 6.45) is -1.65. The Morgan fingerprint density at radius 3 is 2.42 bits per heavy atom. The third kappa shape index (κ3) is 7.73. The predicted molar refractivity (Wildman–Crippen MR) is 136 cm³/mol. The van der Waals surface area contributed by atoms with Crippen molar-refractivity contribution in [3.05, 3.63) is 66.0 Å². The number of piperidine rings is 1. The van der Waals surface area contributed by atoms with Gasteiger partial charge in [-0.1, -0.05) is 18.2 Å². The van der Waals surface area contributed by atoms with E-state index in [1.54, 1.807) is 35.5 Å². The standard InChI is InChI=1S/C27H29F3N4O6/c28-27(29,30)40-22-4-1-17(2-5-22)11-25(37)33-9-7-21(8-10-33)39-24-6-3-18(12-23(24)26(31)38)19-13-32-34(14-19)15-20(36)16-35/h1-6,12-14,20-21,35-36H,7-11,15-16H2,(H2,31,38)/t20-/m0/s1. The highest BCUT2D eigenvalue weighted by Gasteiger charge is 2.31. The van der Waals surface area contributed by atoms with Gasteiger partial charge in [-0.05, 0) is 35.4 Å². The van der Waals surface area contributed by atoms with Gasteiger partial charge in [0.2, 0.25) is 5.91 Å². The molecule has 1 aromatic heterocycles. The lowest BCUT2D eigenvalue weighted by Gasteiger charge is -2.32. The van der Waals surface area contributed by atoms with Crippen molar-refractivity contribution >= 4 is 11.8 Å². The maximum atomic E-state index is 12.7. The number of amides is 2. The summed E-state index contributed by atoms with van der Waals surface area (Å²) in [5.74, 6) is -0.848. The Balaban J connectivity index is 1.33. The van der Waals surface area contributed by atoms with Crippen LogP contribution in [0.3, 0.4) is 0 Å². The number of likely N-dealkylation sites (tertiary alicyclic amines) is 1. The van der Waals surface area contributed by atoms with E-state index >= 15 is 0 Å². The highest BCUT2D eigenvalue weighted by molar-refractivity contribution is 5.97. The van der Waals surface area contributed by atoms with Crippen LogP contribution in [0, 0.1) is 0 Å². The molecule has 1 aliphatic rings. The lowest BCUT2D eigenvalue weighted by atomic mass is 10.0. The summed E-state index contributed by atoms with van der Waals surface area (Å²) in [6.45, 7) is 0.562. The zero-order valence-electron chi connectivity index (χ0n) is 21.4. The van der Waals surface area contributed by atoms with Gasteiger partial charge in [0, 0.05) is 37.7 Å². The van der Waals surface area contributed by atoms with Crippen LogP contribution in [-0.2, 0) is 17.8 Å². The molecule has 2 aromatic carbocycles. The van der Waals surface area contributed by atoms with Crippen LogP contribution in [0.5, 0.6) is 11.5 Å². The normalized spacial score (nSPS) is 15.1. The fourth-order valence-corrected chi connectivity index (χ4v) is 4.39. The summed E-state index contributed by atoms with van der Waals surface area (Å²) in [6, 6.07) is 10.2. The molecular weight excluding hydrogens is 533 g/mol. The first-order chi connectivity index (χ1) is 19.0. The van der Waals surface area contributed by atoms with E-state index in [1.807, 2.05) is 0 Å². The van der Waals surface area contributed by atoms with Crippen molar-refractivity contribution in [3.63, 3.8) is 0 Å². The van der Waals surface area contributed by atoms with Gasteiger partial charge in [0.05, 0.1) is 37.4 Å². The molecule has 1 aliphatic heterocycles. The molecule has 1 fully saturated rings. The van der Waals surface area contributed by atoms with Gasteiger partial charge in [-0.15, -0.1) is 13.2 Å². The molecule has 2 amide bonds. The molecule has 0 unspecified atom stereocenters. The molecule has 13 heteroatoms. The number of aliphatic hydroxyl groups excluding tert-OH is 2. The van der Waals surface area contributed by atoms with Gasteiger partial charge in [0.15, 0.2) is 0 Å². The fourth-order valence-electron chi connectivity index (χ4n) is 4.39. The summed E-state index contributed by atoms with van der Waals surface area (Å²) < 4.78 is 48.4. The molecular formula is C27H29F3N4O6. The van der Waals surface area contributed by atoms with Gasteiger partial charge in [0.25, 0.3) is 5.91 Å². The Hall–Kier alpha value is -4.10. The van der Waals surface area contributed by atoms with E-state index < -0.39 is 25.0 Å². The summed E-state index contributed by atoms with van der Waals surface area (Å²) in [5, 5.41) is 22.8. The smallest absolute Gasteiger partial charge is 0.489 e. The van der Waals surface area contributed by atoms with Crippen LogP contribution in [0.15, 0.2) is 54.9 Å². The summed E-state index contributed by atoms with van der Waals surface area (Å²) in [7, 11) is 0. The Bertz CT molecular complexity index is 1320. The second-order valence-corrected chi connectivity index (χ2v) is 9.43. The van der Waals surface area contributed by atoms with Crippen molar-refractivity contribution in [2.45, 2.75) is 44.4 Å². The number of ether oxygens (including phenoxy) is 2. The minimum atomic E-state index is -4.78. The second kappa shape index (κ2) is 12.4. The lowest BCUT2D eigenvalue weighted by molar-refractivity contribution is -0.274. The number of nitrogens with zero attached hydrogens (tertiary/aromatic N) is 3. The molecule has 2 heterocycles. The van der Waals surface area contributed by atoms with Gasteiger partial charge in [-0.25, -0.2) is 0 Å². The minimum absolute atomic E-state index is 0.0423. The number of primary amides is 1. The quantitative estimate of drug-likeness (QED) is 0.345. The van der Waals surface area contributed by atoms with Gasteiger partial charge in [-0.2, -0.15) is 5.10 Å². The average molecular weight is 563 g/mol. The first kappa shape index (κ1) is 28.9. The molecule has 1 saturated heterocycles. The van der Waals surface area contributed by atoms with Crippen molar-refractivity contribution in [1.29, 1.82) is 0 Å². The number of rotatable bonds is 10. The molecule has 0 bridgehead atoms. The van der Waals surface area contributed by atoms with E-state index in [9.17, 15) is 27.9 Å². The molecule has 0 radical (unpaired) electrons. The molecule has 4 N–H and O–H groups in total. The van der Waals surface area contributed by atoms with Crippen LogP contribution >= 0.6 is 0 Å². The molecule has 40 heavy (non-hydrogen) atoms. The van der Waals surface area contributed by atoms with E-state index in [4.69, 9.17) is 15.6 Å². The van der Waals surface area contributed by atoms with Crippen LogP contribution in [0.1, 0.15) is 28.8 Å². The first-order valence-electron chi connectivity index (χ1n) is 12.6. The zero-order chi connectivity index (χ0) is 28.9. The maximum absolute atomic E-state index is 12.7. The van der Waals surface area contributed by atoms with Gasteiger partial charge < -0.3 is 30.3 Å². The van der Waals surface area contributed by atoms with E-state index in [2.05, 4.69) is 9.84 Å². The topological polar surface area (TPSA) is 140 Å². The number of carbonyl (C=O) groups is 2. The number of benzene rings is 2. The van der Waals surface area contributed by atoms with Crippen molar-refractivity contribution in [1.82, 2.24) is 14.7 Å². The first-order valence-corrected chi connectivity index (χ1v) is 12.6. The van der Waals surface area contributed by atoms with Gasteiger partial charge in [-0.3, -0.25) is 14.3 Å². The fraction of sp³-hybridized carbons (Fsp3) is 0.370. The highest BCUT2D eigenvalue weighted by atomic mass is 19.4. The van der Waals surface area contributed by atoms with Crippen molar-refractivity contribution in [3.8, 4) is 22.6 Å². The number of halogens is 3. The van der Waals surface area contributed by atoms with Gasteiger partial charge >= 0.3 is 6.36 Å². The number of carbonyl (C=O) groups excluding carboxylic acids is 2. The molecule has 4 rings (SSSR count).